The van der Waals surface area contributed by atoms with E-state index in [1.165, 1.54) is 12.1 Å². The van der Waals surface area contributed by atoms with Crippen LogP contribution in [0.3, 0.4) is 0 Å². The highest BCUT2D eigenvalue weighted by Gasteiger charge is 2.25. The summed E-state index contributed by atoms with van der Waals surface area (Å²) < 4.78 is 19.1. The molecular weight excluding hydrogens is 437 g/mol. The maximum absolute atomic E-state index is 13.4. The van der Waals surface area contributed by atoms with E-state index in [-0.39, 0.29) is 17.5 Å². The second kappa shape index (κ2) is 9.83. The van der Waals surface area contributed by atoms with E-state index >= 15 is 0 Å². The number of halogens is 2. The molecule has 1 amide bonds. The Kier molecular flexibility index (Phi) is 7.73. The third-order valence-corrected chi connectivity index (χ3v) is 4.71. The van der Waals surface area contributed by atoms with Gasteiger partial charge < -0.3 is 10.1 Å². The van der Waals surface area contributed by atoms with E-state index in [9.17, 15) is 14.0 Å². The predicted octanol–water partition coefficient (Wildman–Crippen LogP) is 6.19. The van der Waals surface area contributed by atoms with Gasteiger partial charge in [-0.2, -0.15) is 0 Å². The van der Waals surface area contributed by atoms with Gasteiger partial charge in [-0.25, -0.2) is 9.18 Å². The SMILES string of the molecule is C[C@@H](/C=C(\Br)C(=O)c1ccccc1)[C@H](NC(=O)OC(C)(C)C)c1ccc(F)cc1. The Morgan fingerprint density at radius 1 is 1.07 bits per heavy atom. The minimum absolute atomic E-state index is 0.160. The van der Waals surface area contributed by atoms with Crippen molar-refractivity contribution in [2.24, 2.45) is 5.92 Å². The molecule has 0 saturated heterocycles. The predicted molar refractivity (Wildman–Crippen MR) is 115 cm³/mol. The van der Waals surface area contributed by atoms with Crippen molar-refractivity contribution in [1.29, 1.82) is 0 Å². The zero-order chi connectivity index (χ0) is 21.6. The first-order valence-electron chi connectivity index (χ1n) is 9.29. The van der Waals surface area contributed by atoms with Gasteiger partial charge in [-0.15, -0.1) is 0 Å². The number of nitrogens with one attached hydrogen (secondary N) is 1. The number of Topliss-reactive ketones (excluding diaryl/α,β-unsaturated/α-hetero) is 1. The highest BCUT2D eigenvalue weighted by atomic mass is 79.9. The Balaban J connectivity index is 2.28. The van der Waals surface area contributed by atoms with Crippen molar-refractivity contribution in [3.8, 4) is 0 Å². The standard InChI is InChI=1S/C23H25BrFNO3/c1-15(14-19(24)21(27)17-8-6-5-7-9-17)20(16-10-12-18(25)13-11-16)26-22(28)29-23(2,3)4/h5-15,20H,1-4H3,(H,26,28)/b19-14-/t15-,20-/m0/s1. The first-order valence-corrected chi connectivity index (χ1v) is 10.1. The molecular formula is C23H25BrFNO3. The van der Waals surface area contributed by atoms with Gasteiger partial charge in [0.25, 0.3) is 0 Å². The normalized spacial score (nSPS) is 14.1. The summed E-state index contributed by atoms with van der Waals surface area (Å²) in [5, 5.41) is 2.83. The number of ketones is 1. The van der Waals surface area contributed by atoms with E-state index in [1.54, 1.807) is 63.2 Å². The molecule has 0 radical (unpaired) electrons. The maximum Gasteiger partial charge on any atom is 0.408 e. The van der Waals surface area contributed by atoms with E-state index in [1.807, 2.05) is 13.0 Å². The topological polar surface area (TPSA) is 55.4 Å². The Hall–Kier alpha value is -2.47. The number of amides is 1. The van der Waals surface area contributed by atoms with Crippen molar-refractivity contribution < 1.29 is 18.7 Å². The van der Waals surface area contributed by atoms with Crippen LogP contribution in [-0.2, 0) is 4.74 Å². The maximum atomic E-state index is 13.4. The minimum atomic E-state index is -0.652. The lowest BCUT2D eigenvalue weighted by Crippen LogP contribution is -2.37. The van der Waals surface area contributed by atoms with Crippen LogP contribution in [0, 0.1) is 11.7 Å². The van der Waals surface area contributed by atoms with Gasteiger partial charge in [0.1, 0.15) is 11.4 Å². The van der Waals surface area contributed by atoms with Gasteiger partial charge in [0, 0.05) is 11.5 Å². The summed E-state index contributed by atoms with van der Waals surface area (Å²) in [5.41, 5.74) is 0.607. The zero-order valence-corrected chi connectivity index (χ0v) is 18.5. The van der Waals surface area contributed by atoms with Gasteiger partial charge in [-0.3, -0.25) is 4.79 Å². The van der Waals surface area contributed by atoms with Crippen LogP contribution in [-0.4, -0.2) is 17.5 Å². The average molecular weight is 462 g/mol. The van der Waals surface area contributed by atoms with E-state index in [0.29, 0.717) is 15.6 Å². The first-order chi connectivity index (χ1) is 13.6. The van der Waals surface area contributed by atoms with Crippen molar-refractivity contribution in [2.45, 2.75) is 39.3 Å². The Bertz CT molecular complexity index is 873. The fourth-order valence-corrected chi connectivity index (χ4v) is 3.40. The molecule has 0 unspecified atom stereocenters. The molecule has 0 aliphatic carbocycles. The molecule has 1 N–H and O–H groups in total. The summed E-state index contributed by atoms with van der Waals surface area (Å²) in [6.45, 7) is 7.19. The molecule has 0 spiro atoms. The number of allylic oxidation sites excluding steroid dienone is 1. The molecule has 0 aliphatic rings. The first kappa shape index (κ1) is 22.8. The number of alkyl carbamates (subject to hydrolysis) is 1. The summed E-state index contributed by atoms with van der Waals surface area (Å²) in [5.74, 6) is -0.809. The number of ether oxygens (including phenoxy) is 1. The lowest BCUT2D eigenvalue weighted by molar-refractivity contribution is 0.0493. The molecule has 0 fully saturated rings. The summed E-state index contributed by atoms with van der Waals surface area (Å²) in [7, 11) is 0. The fraction of sp³-hybridized carbons (Fsp3) is 0.304. The van der Waals surface area contributed by atoms with E-state index in [4.69, 9.17) is 4.74 Å². The molecule has 0 aromatic heterocycles. The van der Waals surface area contributed by atoms with Crippen molar-refractivity contribution in [3.63, 3.8) is 0 Å². The molecule has 2 atom stereocenters. The van der Waals surface area contributed by atoms with Crippen LogP contribution in [0.1, 0.15) is 49.7 Å². The van der Waals surface area contributed by atoms with Crippen LogP contribution >= 0.6 is 15.9 Å². The summed E-state index contributed by atoms with van der Waals surface area (Å²) in [4.78, 5) is 25.0. The van der Waals surface area contributed by atoms with Gasteiger partial charge in [0.2, 0.25) is 0 Å². The fourth-order valence-electron chi connectivity index (χ4n) is 2.75. The molecule has 0 heterocycles. The number of benzene rings is 2. The number of rotatable bonds is 6. The van der Waals surface area contributed by atoms with Gasteiger partial charge in [0.15, 0.2) is 5.78 Å². The Labute approximate surface area is 179 Å². The molecule has 0 aliphatic heterocycles. The van der Waals surface area contributed by atoms with Crippen molar-refractivity contribution in [2.75, 3.05) is 0 Å². The zero-order valence-electron chi connectivity index (χ0n) is 16.9. The van der Waals surface area contributed by atoms with Crippen LogP contribution in [0.2, 0.25) is 0 Å². The summed E-state index contributed by atoms with van der Waals surface area (Å²) in [6, 6.07) is 14.3. The monoisotopic (exact) mass is 461 g/mol. The van der Waals surface area contributed by atoms with Gasteiger partial charge in [0.05, 0.1) is 10.5 Å². The van der Waals surface area contributed by atoms with Crippen molar-refractivity contribution in [1.82, 2.24) is 5.32 Å². The second-order valence-corrected chi connectivity index (χ2v) is 8.60. The minimum Gasteiger partial charge on any atom is -0.444 e. The molecule has 4 nitrogen and oxygen atoms in total. The summed E-state index contributed by atoms with van der Waals surface area (Å²) >= 11 is 3.36. The van der Waals surface area contributed by atoms with Crippen LogP contribution < -0.4 is 5.32 Å². The van der Waals surface area contributed by atoms with Crippen molar-refractivity contribution >= 4 is 27.8 Å². The molecule has 2 rings (SSSR count). The van der Waals surface area contributed by atoms with Gasteiger partial charge in [-0.1, -0.05) is 55.5 Å². The highest BCUT2D eigenvalue weighted by Crippen LogP contribution is 2.27. The molecule has 154 valence electrons. The highest BCUT2D eigenvalue weighted by molar-refractivity contribution is 9.12. The lowest BCUT2D eigenvalue weighted by Gasteiger charge is -2.26. The van der Waals surface area contributed by atoms with Gasteiger partial charge >= 0.3 is 6.09 Å². The quantitative estimate of drug-likeness (QED) is 0.412. The number of hydrogen-bond acceptors (Lipinski definition) is 3. The third kappa shape index (κ3) is 7.13. The molecule has 0 saturated carbocycles. The average Bonchev–Trinajstić information content (AvgIpc) is 2.65. The second-order valence-electron chi connectivity index (χ2n) is 7.74. The Morgan fingerprint density at radius 2 is 1.66 bits per heavy atom. The smallest absolute Gasteiger partial charge is 0.408 e. The lowest BCUT2D eigenvalue weighted by atomic mass is 9.93. The Morgan fingerprint density at radius 3 is 2.21 bits per heavy atom. The summed E-state index contributed by atoms with van der Waals surface area (Å²) in [6.07, 6.45) is 1.15. The van der Waals surface area contributed by atoms with E-state index in [0.717, 1.165) is 0 Å². The molecule has 2 aromatic carbocycles. The van der Waals surface area contributed by atoms with Crippen LogP contribution in [0.5, 0.6) is 0 Å². The number of carbonyl (C=O) groups is 2. The molecule has 29 heavy (non-hydrogen) atoms. The molecule has 2 aromatic rings. The third-order valence-electron chi connectivity index (χ3n) is 4.09. The number of carbonyl (C=O) groups excluding carboxylic acids is 2. The van der Waals surface area contributed by atoms with Gasteiger partial charge in [-0.05, 0) is 54.4 Å². The van der Waals surface area contributed by atoms with Crippen molar-refractivity contribution in [3.05, 3.63) is 82.1 Å². The van der Waals surface area contributed by atoms with E-state index in [2.05, 4.69) is 21.2 Å². The van der Waals surface area contributed by atoms with Crippen LogP contribution in [0.25, 0.3) is 0 Å². The largest absolute Gasteiger partial charge is 0.444 e. The van der Waals surface area contributed by atoms with E-state index < -0.39 is 17.7 Å². The number of hydrogen-bond donors (Lipinski definition) is 1. The van der Waals surface area contributed by atoms with Crippen LogP contribution in [0.15, 0.2) is 65.2 Å². The molecule has 6 heteroatoms. The van der Waals surface area contributed by atoms with Crippen LogP contribution in [0.4, 0.5) is 9.18 Å². The molecule has 0 bridgehead atoms.